The number of fused-ring (bicyclic) bond motifs is 1. The molecule has 0 radical (unpaired) electrons. The zero-order valence-corrected chi connectivity index (χ0v) is 25.9. The Kier molecular flexibility index (Phi) is 8.89. The molecule has 0 saturated carbocycles. The van der Waals surface area contributed by atoms with E-state index in [0.29, 0.717) is 40.9 Å². The van der Waals surface area contributed by atoms with E-state index in [1.54, 1.807) is 18.2 Å². The Hall–Kier alpha value is -3.77. The summed E-state index contributed by atoms with van der Waals surface area (Å²) in [6.45, 7) is 4.07. The first-order valence-electron chi connectivity index (χ1n) is 13.5. The number of carbonyl (C=O) groups is 1. The van der Waals surface area contributed by atoms with Gasteiger partial charge in [0.1, 0.15) is 34.6 Å². The quantitative estimate of drug-likeness (QED) is 0.174. The van der Waals surface area contributed by atoms with Crippen LogP contribution in [0.4, 0.5) is 0 Å². The molecule has 2 aromatic heterocycles. The molecule has 0 bridgehead atoms. The van der Waals surface area contributed by atoms with Crippen molar-refractivity contribution in [1.82, 2.24) is 19.6 Å². The first-order chi connectivity index (χ1) is 20.5. The molecule has 4 N–H and O–H groups in total. The Morgan fingerprint density at radius 1 is 1.19 bits per heavy atom. The van der Waals surface area contributed by atoms with Crippen LogP contribution >= 0.6 is 23.2 Å². The highest BCUT2D eigenvalue weighted by atomic mass is 35.5. The number of ether oxygens (including phenoxy) is 1. The van der Waals surface area contributed by atoms with Crippen LogP contribution in [0.2, 0.25) is 10.0 Å². The molecule has 4 aromatic rings. The summed E-state index contributed by atoms with van der Waals surface area (Å²) in [5.74, 6) is -0.0335. The molecule has 1 aliphatic heterocycles. The SMILES string of the molecule is Cc1cc(C)c2cccc(OCc3c(Cl)ccc(S(=O)(=O)N4CCC[C@H]4C(=O)NCc4ccc(C(=N)N)cn4)c3Cl)c2n1. The van der Waals surface area contributed by atoms with Gasteiger partial charge in [0.25, 0.3) is 0 Å². The summed E-state index contributed by atoms with van der Waals surface area (Å²) in [5.41, 5.74) is 9.37. The van der Waals surface area contributed by atoms with E-state index in [1.165, 1.54) is 22.6 Å². The number of pyridine rings is 2. The van der Waals surface area contributed by atoms with Crippen LogP contribution in [0, 0.1) is 19.3 Å². The van der Waals surface area contributed by atoms with Crippen molar-refractivity contribution in [1.29, 1.82) is 5.41 Å². The second kappa shape index (κ2) is 12.5. The van der Waals surface area contributed by atoms with Crippen LogP contribution in [-0.2, 0) is 28.0 Å². The molecular weight excluding hydrogens is 611 g/mol. The Balaban J connectivity index is 1.35. The third kappa shape index (κ3) is 6.30. The zero-order chi connectivity index (χ0) is 30.9. The number of aryl methyl sites for hydroxylation is 2. The molecule has 43 heavy (non-hydrogen) atoms. The first kappa shape index (κ1) is 30.7. The van der Waals surface area contributed by atoms with E-state index in [4.69, 9.17) is 39.1 Å². The smallest absolute Gasteiger partial charge is 0.245 e. The van der Waals surface area contributed by atoms with Crippen LogP contribution in [-0.4, -0.2) is 47.0 Å². The summed E-state index contributed by atoms with van der Waals surface area (Å²) >= 11 is 13.2. The number of nitrogens with one attached hydrogen (secondary N) is 2. The van der Waals surface area contributed by atoms with Crippen LogP contribution in [0.3, 0.4) is 0 Å². The van der Waals surface area contributed by atoms with Gasteiger partial charge in [0.2, 0.25) is 15.9 Å². The van der Waals surface area contributed by atoms with Gasteiger partial charge in [0.05, 0.1) is 17.3 Å². The number of benzene rings is 2. The summed E-state index contributed by atoms with van der Waals surface area (Å²) < 4.78 is 35.0. The number of sulfonamides is 1. The Morgan fingerprint density at radius 3 is 2.70 bits per heavy atom. The van der Waals surface area contributed by atoms with Gasteiger partial charge in [-0.25, -0.2) is 13.4 Å². The standard InChI is InChI=1S/C30H30Cl2N6O4S/c1-17-13-18(2)37-28-21(17)5-3-7-25(28)42-16-22-23(31)10-11-26(27(22)32)43(40,41)38-12-4-6-24(38)30(39)36-15-20-9-8-19(14-35-20)29(33)34/h3,5,7-11,13-14,24H,4,6,12,15-16H2,1-2H3,(H3,33,34)(H,36,39)/t24-/m0/s1. The third-order valence-electron chi connectivity index (χ3n) is 7.33. The average Bonchev–Trinajstić information content (AvgIpc) is 3.47. The fraction of sp³-hybridized carbons (Fsp3) is 0.267. The summed E-state index contributed by atoms with van der Waals surface area (Å²) in [4.78, 5) is 21.8. The molecule has 1 amide bonds. The minimum Gasteiger partial charge on any atom is -0.487 e. The third-order valence-corrected chi connectivity index (χ3v) is 10.2. The molecule has 0 spiro atoms. The summed E-state index contributed by atoms with van der Waals surface area (Å²) in [6, 6.07) is 12.8. The number of hydrogen-bond acceptors (Lipinski definition) is 7. The molecule has 1 atom stereocenters. The van der Waals surface area contributed by atoms with E-state index < -0.39 is 22.0 Å². The number of nitrogen functional groups attached to an aromatic ring is 1. The lowest BCUT2D eigenvalue weighted by Crippen LogP contribution is -2.45. The van der Waals surface area contributed by atoms with Crippen molar-refractivity contribution in [2.45, 2.75) is 50.8 Å². The Bertz CT molecular complexity index is 1830. The number of nitrogens with zero attached hydrogens (tertiary/aromatic N) is 3. The fourth-order valence-corrected chi connectivity index (χ4v) is 7.65. The zero-order valence-electron chi connectivity index (χ0n) is 23.5. The van der Waals surface area contributed by atoms with Gasteiger partial charge in [-0.1, -0.05) is 35.3 Å². The van der Waals surface area contributed by atoms with Crippen LogP contribution in [0.15, 0.2) is 59.6 Å². The number of amidine groups is 1. The maximum absolute atomic E-state index is 13.9. The summed E-state index contributed by atoms with van der Waals surface area (Å²) in [5, 5.41) is 11.4. The van der Waals surface area contributed by atoms with Crippen LogP contribution in [0.5, 0.6) is 5.75 Å². The molecule has 2 aromatic carbocycles. The highest BCUT2D eigenvalue weighted by Gasteiger charge is 2.40. The molecular formula is C30H30Cl2N6O4S. The molecule has 10 nitrogen and oxygen atoms in total. The van der Waals surface area contributed by atoms with E-state index >= 15 is 0 Å². The van der Waals surface area contributed by atoms with Crippen LogP contribution in [0.25, 0.3) is 10.9 Å². The maximum Gasteiger partial charge on any atom is 0.245 e. The summed E-state index contributed by atoms with van der Waals surface area (Å²) in [6.07, 6.45) is 2.31. The van der Waals surface area contributed by atoms with Gasteiger partial charge in [-0.15, -0.1) is 0 Å². The van der Waals surface area contributed by atoms with Gasteiger partial charge in [-0.3, -0.25) is 15.2 Å². The number of amides is 1. The molecule has 1 aliphatic rings. The van der Waals surface area contributed by atoms with Crippen LogP contribution < -0.4 is 15.8 Å². The predicted octanol–water partition coefficient (Wildman–Crippen LogP) is 4.89. The van der Waals surface area contributed by atoms with E-state index in [2.05, 4.69) is 15.3 Å². The fourth-order valence-electron chi connectivity index (χ4n) is 5.13. The Morgan fingerprint density at radius 2 is 1.98 bits per heavy atom. The summed E-state index contributed by atoms with van der Waals surface area (Å²) in [7, 11) is -4.17. The molecule has 13 heteroatoms. The average molecular weight is 642 g/mol. The van der Waals surface area contributed by atoms with Crippen molar-refractivity contribution < 1.29 is 17.9 Å². The number of aromatic nitrogens is 2. The number of nitrogens with two attached hydrogens (primary N) is 1. The van der Waals surface area contributed by atoms with Gasteiger partial charge in [-0.05, 0) is 68.7 Å². The molecule has 0 unspecified atom stereocenters. The minimum atomic E-state index is -4.17. The number of halogens is 2. The molecule has 3 heterocycles. The van der Waals surface area contributed by atoms with Crippen molar-refractivity contribution >= 4 is 55.9 Å². The normalized spacial score (nSPS) is 15.5. The highest BCUT2D eigenvalue weighted by Crippen LogP contribution is 2.36. The van der Waals surface area contributed by atoms with Gasteiger partial charge < -0.3 is 15.8 Å². The van der Waals surface area contributed by atoms with Crippen molar-refractivity contribution in [3.63, 3.8) is 0 Å². The number of carbonyl (C=O) groups excluding carboxylic acids is 1. The van der Waals surface area contributed by atoms with E-state index in [-0.39, 0.29) is 40.5 Å². The lowest BCUT2D eigenvalue weighted by atomic mass is 10.1. The molecule has 0 aliphatic carbocycles. The lowest BCUT2D eigenvalue weighted by molar-refractivity contribution is -0.124. The van der Waals surface area contributed by atoms with Crippen LogP contribution in [0.1, 0.15) is 40.9 Å². The maximum atomic E-state index is 13.9. The minimum absolute atomic E-state index is 0.0612. The molecule has 1 saturated heterocycles. The van der Waals surface area contributed by atoms with Crippen molar-refractivity contribution in [2.24, 2.45) is 5.73 Å². The van der Waals surface area contributed by atoms with Crippen molar-refractivity contribution in [3.8, 4) is 5.75 Å². The first-order valence-corrected chi connectivity index (χ1v) is 15.7. The van der Waals surface area contributed by atoms with Gasteiger partial charge >= 0.3 is 0 Å². The largest absolute Gasteiger partial charge is 0.487 e. The number of rotatable bonds is 9. The second-order valence-corrected chi connectivity index (χ2v) is 12.9. The van der Waals surface area contributed by atoms with E-state index in [9.17, 15) is 13.2 Å². The lowest BCUT2D eigenvalue weighted by Gasteiger charge is -2.24. The highest BCUT2D eigenvalue weighted by molar-refractivity contribution is 7.89. The van der Waals surface area contributed by atoms with Gasteiger partial charge in [-0.2, -0.15) is 4.31 Å². The molecule has 5 rings (SSSR count). The monoisotopic (exact) mass is 640 g/mol. The van der Waals surface area contributed by atoms with Crippen molar-refractivity contribution in [2.75, 3.05) is 6.54 Å². The predicted molar refractivity (Wildman–Crippen MR) is 166 cm³/mol. The molecule has 224 valence electrons. The number of para-hydroxylation sites is 1. The topological polar surface area (TPSA) is 151 Å². The Labute approximate surface area is 259 Å². The van der Waals surface area contributed by atoms with E-state index in [1.807, 2.05) is 32.0 Å². The van der Waals surface area contributed by atoms with Gasteiger partial charge in [0, 0.05) is 40.0 Å². The van der Waals surface area contributed by atoms with E-state index in [0.717, 1.165) is 16.6 Å². The number of hydrogen-bond donors (Lipinski definition) is 3. The molecule has 1 fully saturated rings. The van der Waals surface area contributed by atoms with Gasteiger partial charge in [0.15, 0.2) is 0 Å². The van der Waals surface area contributed by atoms with Crippen molar-refractivity contribution in [3.05, 3.63) is 92.9 Å². The second-order valence-electron chi connectivity index (χ2n) is 10.3.